The van der Waals surface area contributed by atoms with Gasteiger partial charge in [-0.15, -0.1) is 0 Å². The molecular formula is C10H11Cl3NSTi. The van der Waals surface area contributed by atoms with E-state index in [2.05, 4.69) is 29.0 Å². The second kappa shape index (κ2) is 7.70. The van der Waals surface area contributed by atoms with E-state index < -0.39 is 14.7 Å². The molecule has 0 aromatic heterocycles. The fraction of sp³-hybridized carbons (Fsp3) is 0. The van der Waals surface area contributed by atoms with Gasteiger partial charge in [0.1, 0.15) is 0 Å². The zero-order valence-electron chi connectivity index (χ0n) is 8.28. The standard InChI is InChI=1S/C10H11NS.3ClH.Ti/c11-9-5-1-2-6-10(9)12-7-3-4-8-12;;;;/h1-8,12H,11H2;3*1H;/q;;;;+3/p-3. The number of halogens is 3. The van der Waals surface area contributed by atoms with Gasteiger partial charge in [-0.2, -0.15) is 10.9 Å². The second-order valence-corrected chi connectivity index (χ2v) is 12.5. The molecule has 0 aliphatic carbocycles. The molecule has 0 bridgehead atoms. The van der Waals surface area contributed by atoms with E-state index in [0.717, 1.165) is 5.69 Å². The maximum atomic E-state index is 5.85. The molecule has 0 unspecified atom stereocenters. The van der Waals surface area contributed by atoms with E-state index in [4.69, 9.17) is 33.6 Å². The summed E-state index contributed by atoms with van der Waals surface area (Å²) in [6, 6.07) is 8.06. The number of nitrogen functional groups attached to an aromatic ring is 1. The molecule has 1 aliphatic heterocycles. The first-order valence-corrected chi connectivity index (χ1v) is 12.3. The van der Waals surface area contributed by atoms with Crippen LogP contribution in [0.3, 0.4) is 0 Å². The van der Waals surface area contributed by atoms with Gasteiger partial charge in [-0.3, -0.25) is 0 Å². The molecule has 0 radical (unpaired) electrons. The molecule has 2 rings (SSSR count). The first-order chi connectivity index (χ1) is 7.61. The molecule has 1 nitrogen and oxygen atoms in total. The summed E-state index contributed by atoms with van der Waals surface area (Å²) in [5.74, 6) is 0. The summed E-state index contributed by atoms with van der Waals surface area (Å²) in [6.07, 6.45) is 4.16. The number of nitrogens with two attached hydrogens (primary N) is 1. The third kappa shape index (κ3) is 5.18. The molecule has 0 saturated heterocycles. The van der Waals surface area contributed by atoms with Crippen LogP contribution in [0.1, 0.15) is 0 Å². The number of allylic oxidation sites excluding steroid dienone is 2. The quantitative estimate of drug-likeness (QED) is 0.434. The monoisotopic (exact) mass is 330 g/mol. The molecule has 16 heavy (non-hydrogen) atoms. The Bertz CT molecular complexity index is 381. The van der Waals surface area contributed by atoms with E-state index in [0.29, 0.717) is 0 Å². The van der Waals surface area contributed by atoms with Crippen LogP contribution >= 0.6 is 38.8 Å². The Labute approximate surface area is 116 Å². The fourth-order valence-electron chi connectivity index (χ4n) is 1.22. The van der Waals surface area contributed by atoms with Gasteiger partial charge >= 0.3 is 42.6 Å². The average molecular weight is 331 g/mol. The summed E-state index contributed by atoms with van der Waals surface area (Å²) in [5, 5.41) is 4.42. The second-order valence-electron chi connectivity index (χ2n) is 2.86. The van der Waals surface area contributed by atoms with E-state index in [1.165, 1.54) is 4.90 Å². The Kier molecular flexibility index (Phi) is 6.98. The summed E-state index contributed by atoms with van der Waals surface area (Å²) in [7, 11) is 14.7. The predicted molar refractivity (Wildman–Crippen MR) is 73.9 cm³/mol. The van der Waals surface area contributed by atoms with Crippen LogP contribution in [0.4, 0.5) is 5.69 Å². The van der Waals surface area contributed by atoms with Crippen LogP contribution in [0.5, 0.6) is 0 Å². The first-order valence-electron chi connectivity index (χ1n) is 4.42. The zero-order valence-corrected chi connectivity index (χ0v) is 13.0. The molecule has 1 aromatic carbocycles. The molecule has 0 saturated carbocycles. The van der Waals surface area contributed by atoms with Crippen molar-refractivity contribution >= 4 is 44.5 Å². The third-order valence-electron chi connectivity index (χ3n) is 1.82. The summed E-state index contributed by atoms with van der Waals surface area (Å²) < 4.78 is 0. The molecule has 0 atom stereocenters. The Morgan fingerprint density at radius 3 is 2.00 bits per heavy atom. The van der Waals surface area contributed by atoms with Crippen LogP contribution in [0, 0.1) is 0 Å². The van der Waals surface area contributed by atoms with Crippen LogP contribution in [0.15, 0.2) is 52.1 Å². The van der Waals surface area contributed by atoms with Crippen molar-refractivity contribution in [3.8, 4) is 0 Å². The molecule has 87 valence electrons. The van der Waals surface area contributed by atoms with Crippen LogP contribution in [-0.2, 0) is 14.7 Å². The molecule has 2 N–H and O–H groups in total. The zero-order chi connectivity index (χ0) is 12.0. The fourth-order valence-corrected chi connectivity index (χ4v) is 2.84. The topological polar surface area (TPSA) is 26.0 Å². The number of rotatable bonds is 1. The third-order valence-corrected chi connectivity index (χ3v) is 3.77. The molecular weight excluding hydrogens is 320 g/mol. The van der Waals surface area contributed by atoms with Crippen LogP contribution in [-0.4, -0.2) is 0 Å². The summed E-state index contributed by atoms with van der Waals surface area (Å²) in [6.45, 7) is 0. The molecule has 1 heterocycles. The van der Waals surface area contributed by atoms with E-state index >= 15 is 0 Å². The molecule has 0 fully saturated rings. The van der Waals surface area contributed by atoms with E-state index in [1.54, 1.807) is 0 Å². The molecule has 1 aliphatic rings. The van der Waals surface area contributed by atoms with Crippen molar-refractivity contribution in [1.29, 1.82) is 0 Å². The van der Waals surface area contributed by atoms with Crippen LogP contribution in [0.25, 0.3) is 0 Å². The van der Waals surface area contributed by atoms with Crippen molar-refractivity contribution in [3.63, 3.8) is 0 Å². The number of anilines is 1. The molecule has 0 spiro atoms. The van der Waals surface area contributed by atoms with Gasteiger partial charge in [0.2, 0.25) is 0 Å². The van der Waals surface area contributed by atoms with Gasteiger partial charge in [-0.05, 0) is 22.9 Å². The molecule has 1 aromatic rings. The number of thiol groups is 1. The van der Waals surface area contributed by atoms with E-state index in [1.807, 2.05) is 18.2 Å². The Morgan fingerprint density at radius 2 is 1.50 bits per heavy atom. The van der Waals surface area contributed by atoms with Crippen molar-refractivity contribution < 1.29 is 14.7 Å². The summed E-state index contributed by atoms with van der Waals surface area (Å²) in [5.41, 5.74) is 6.75. The number of hydrogen-bond acceptors (Lipinski definition) is 1. The van der Waals surface area contributed by atoms with Gasteiger partial charge in [0, 0.05) is 10.6 Å². The van der Waals surface area contributed by atoms with E-state index in [-0.39, 0.29) is 10.9 Å². The number of hydrogen-bond donors (Lipinski definition) is 2. The normalized spacial score (nSPS) is 14.6. The van der Waals surface area contributed by atoms with E-state index in [9.17, 15) is 0 Å². The van der Waals surface area contributed by atoms with Crippen LogP contribution < -0.4 is 5.73 Å². The van der Waals surface area contributed by atoms with Crippen molar-refractivity contribution in [2.45, 2.75) is 4.90 Å². The van der Waals surface area contributed by atoms with Gasteiger partial charge in [-0.1, -0.05) is 24.3 Å². The van der Waals surface area contributed by atoms with Gasteiger partial charge < -0.3 is 5.73 Å². The SMILES string of the molecule is Nc1ccccc1[SH]1C=CC=C1.[Cl][Ti]([Cl])[Cl]. The van der Waals surface area contributed by atoms with Gasteiger partial charge in [0.05, 0.1) is 0 Å². The minimum absolute atomic E-state index is 0.247. The number of benzene rings is 1. The summed E-state index contributed by atoms with van der Waals surface area (Å²) >= 11 is -1.92. The van der Waals surface area contributed by atoms with Gasteiger partial charge in [0.15, 0.2) is 0 Å². The molecule has 0 amide bonds. The van der Waals surface area contributed by atoms with Crippen molar-refractivity contribution in [3.05, 3.63) is 47.2 Å². The average Bonchev–Trinajstić information content (AvgIpc) is 2.70. The predicted octanol–water partition coefficient (Wildman–Crippen LogP) is 4.74. The first kappa shape index (κ1) is 14.5. The number of para-hydroxylation sites is 1. The van der Waals surface area contributed by atoms with Gasteiger partial charge in [-0.25, -0.2) is 0 Å². The van der Waals surface area contributed by atoms with Crippen molar-refractivity contribution in [2.24, 2.45) is 0 Å². The minimum atomic E-state index is -1.92. The van der Waals surface area contributed by atoms with Gasteiger partial charge in [0.25, 0.3) is 0 Å². The molecule has 6 heteroatoms. The van der Waals surface area contributed by atoms with Crippen LogP contribution in [0.2, 0.25) is 0 Å². The maximum absolute atomic E-state index is 5.85. The Balaban J connectivity index is 0.000000280. The van der Waals surface area contributed by atoms with Crippen molar-refractivity contribution in [1.82, 2.24) is 0 Å². The summed E-state index contributed by atoms with van der Waals surface area (Å²) in [4.78, 5) is 1.26. The van der Waals surface area contributed by atoms with Crippen molar-refractivity contribution in [2.75, 3.05) is 5.73 Å². The Hall–Kier alpha value is 0.434. The Morgan fingerprint density at radius 1 is 1.00 bits per heavy atom.